The van der Waals surface area contributed by atoms with Crippen molar-refractivity contribution in [2.24, 2.45) is 0 Å². The van der Waals surface area contributed by atoms with Crippen molar-refractivity contribution in [2.75, 3.05) is 0 Å². The van der Waals surface area contributed by atoms with Crippen molar-refractivity contribution in [1.82, 2.24) is 0 Å². The summed E-state index contributed by atoms with van der Waals surface area (Å²) in [7, 11) is 0. The van der Waals surface area contributed by atoms with Crippen LogP contribution in [0.15, 0.2) is 0 Å². The van der Waals surface area contributed by atoms with Gasteiger partial charge in [-0.2, -0.15) is 0 Å². The van der Waals surface area contributed by atoms with E-state index < -0.39 is 13.4 Å². The molecule has 0 aliphatic heterocycles. The Morgan fingerprint density at radius 1 is 1.00 bits per heavy atom. The molecule has 0 radical (unpaired) electrons. The second kappa shape index (κ2) is 8.97. The van der Waals surface area contributed by atoms with Gasteiger partial charge in [-0.1, -0.05) is 0 Å². The normalized spacial score (nSPS) is 7.25. The second-order valence-electron chi connectivity index (χ2n) is 0.378. The van der Waals surface area contributed by atoms with Crippen LogP contribution in [-0.2, 0) is 21.0 Å². The van der Waals surface area contributed by atoms with Crippen molar-refractivity contribution >= 4 is 0 Å². The van der Waals surface area contributed by atoms with E-state index in [4.69, 9.17) is 16.0 Å². The second-order valence-corrected chi connectivity index (χ2v) is 1.56. The Kier molecular flexibility index (Phi) is 25.2. The van der Waals surface area contributed by atoms with Gasteiger partial charge in [0.05, 0.1) is 0 Å². The third kappa shape index (κ3) is 99.8. The first-order chi connectivity index (χ1) is 2.00. The number of hydrogen-bond donors (Lipinski definition) is 0. The molecule has 0 rings (SSSR count). The zero-order valence-electron chi connectivity index (χ0n) is 4.42. The molecule has 0 aromatic carbocycles. The monoisotopic (exact) mass is 185 g/mol. The van der Waals surface area contributed by atoms with Crippen LogP contribution in [0.5, 0.6) is 0 Å². The maximum atomic E-state index is 8.58. The zero-order chi connectivity index (χ0) is 4.50. The molecule has 0 unspecified atom stereocenters. The molecule has 41 valence electrons. The summed E-state index contributed by atoms with van der Waals surface area (Å²) in [6.45, 7) is 0. The van der Waals surface area contributed by atoms with E-state index >= 15 is 0 Å². The fourth-order valence-corrected chi connectivity index (χ4v) is 0. The van der Waals surface area contributed by atoms with Gasteiger partial charge in [0.1, 0.15) is 0 Å². The molecule has 0 saturated carbocycles. The van der Waals surface area contributed by atoms with Gasteiger partial charge >= 0.3 is 88.5 Å². The fourth-order valence-electron chi connectivity index (χ4n) is 0. The molecule has 0 atom stereocenters. The molecular weight excluding hydrogens is 184 g/mol. The summed E-state index contributed by atoms with van der Waals surface area (Å²) in [5.74, 6) is 0. The van der Waals surface area contributed by atoms with Gasteiger partial charge in [0.25, 0.3) is 0 Å². The average Bonchev–Trinajstić information content (AvgIpc) is 0.722. The fraction of sp³-hybridized carbons (Fsp3) is 0. The van der Waals surface area contributed by atoms with Crippen molar-refractivity contribution in [2.45, 2.75) is 0 Å². The summed E-state index contributed by atoms with van der Waals surface area (Å²) >= 11 is -5.62. The summed E-state index contributed by atoms with van der Waals surface area (Å²) in [6.07, 6.45) is 0. The Morgan fingerprint density at radius 3 is 1.00 bits per heavy atom. The predicted octanol–water partition coefficient (Wildman–Crippen LogP) is -8.46. The van der Waals surface area contributed by atoms with E-state index in [9.17, 15) is 0 Å². The number of rotatable bonds is 0. The van der Waals surface area contributed by atoms with Crippen molar-refractivity contribution < 1.29 is 93.2 Å². The molecular formula is HFMnNa2O4. The van der Waals surface area contributed by atoms with Gasteiger partial charge in [-0.25, -0.2) is 0 Å². The molecule has 0 bridgehead atoms. The summed E-state index contributed by atoms with van der Waals surface area (Å²) < 4.78 is 34.3. The van der Waals surface area contributed by atoms with Crippen LogP contribution in [0, 0.1) is 0 Å². The molecule has 0 N–H and O–H groups in total. The molecule has 4 nitrogen and oxygen atoms in total. The van der Waals surface area contributed by atoms with Crippen molar-refractivity contribution in [1.29, 1.82) is 0 Å². The molecule has 0 saturated heterocycles. The standard InChI is InChI=1S/FH.Mn.2Na.4O/h1H;;;;;;;/q;;2*+1;;;2*-1. The number of hydrogen-bond acceptors (Lipinski definition) is 4. The summed E-state index contributed by atoms with van der Waals surface area (Å²) in [5.41, 5.74) is 0. The van der Waals surface area contributed by atoms with E-state index in [2.05, 4.69) is 0 Å². The van der Waals surface area contributed by atoms with E-state index in [0.29, 0.717) is 0 Å². The number of halogens is 1. The Labute approximate surface area is 91.9 Å². The molecule has 0 aromatic rings. The molecule has 0 amide bonds. The molecule has 0 spiro atoms. The summed E-state index contributed by atoms with van der Waals surface area (Å²) in [4.78, 5) is 0. The van der Waals surface area contributed by atoms with Crippen LogP contribution in [0.1, 0.15) is 0 Å². The first-order valence-electron chi connectivity index (χ1n) is 0.617. The minimum absolute atomic E-state index is 0. The van der Waals surface area contributed by atoms with Gasteiger partial charge in [0, 0.05) is 0 Å². The van der Waals surface area contributed by atoms with Crippen molar-refractivity contribution in [3.8, 4) is 0 Å². The SMILES string of the molecule is F.[Na+].[Na+].[O]=[Mn](=[O])([O-])[O-]. The van der Waals surface area contributed by atoms with Crippen LogP contribution >= 0.6 is 0 Å². The van der Waals surface area contributed by atoms with E-state index in [-0.39, 0.29) is 63.8 Å². The zero-order valence-corrected chi connectivity index (χ0v) is 9.60. The molecule has 8 heteroatoms. The van der Waals surface area contributed by atoms with Crippen molar-refractivity contribution in [3.05, 3.63) is 0 Å². The summed E-state index contributed by atoms with van der Waals surface area (Å²) in [6, 6.07) is 0. The first-order valence-corrected chi connectivity index (χ1v) is 2.54. The topological polar surface area (TPSA) is 80.3 Å². The third-order valence-corrected chi connectivity index (χ3v) is 0. The molecule has 0 aliphatic rings. The van der Waals surface area contributed by atoms with Crippen LogP contribution in [0.4, 0.5) is 4.70 Å². The van der Waals surface area contributed by atoms with Gasteiger partial charge < -0.3 is 0 Å². The van der Waals surface area contributed by atoms with Gasteiger partial charge in [-0.05, 0) is 0 Å². The molecule has 0 aromatic heterocycles. The van der Waals surface area contributed by atoms with Gasteiger partial charge in [0.15, 0.2) is 0 Å². The summed E-state index contributed by atoms with van der Waals surface area (Å²) in [5, 5.41) is 0. The Hall–Kier alpha value is 1.97. The molecule has 0 heterocycles. The maximum absolute atomic E-state index is 8.58. The molecule has 0 fully saturated rings. The minimum atomic E-state index is -5.62. The van der Waals surface area contributed by atoms with Crippen molar-refractivity contribution in [3.63, 3.8) is 0 Å². The Morgan fingerprint density at radius 2 is 1.00 bits per heavy atom. The third-order valence-electron chi connectivity index (χ3n) is 0. The quantitative estimate of drug-likeness (QED) is 0.351. The van der Waals surface area contributed by atoms with E-state index in [1.165, 1.54) is 0 Å². The van der Waals surface area contributed by atoms with E-state index in [1.807, 2.05) is 0 Å². The van der Waals surface area contributed by atoms with Crippen LogP contribution in [0.25, 0.3) is 0 Å². The van der Waals surface area contributed by atoms with Gasteiger partial charge in [-0.15, -0.1) is 0 Å². The first kappa shape index (κ1) is 22.5. The van der Waals surface area contributed by atoms with Crippen LogP contribution in [0.2, 0.25) is 0 Å². The Balaban J connectivity index is -0.0000000267. The predicted molar refractivity (Wildman–Crippen MR) is 3.88 cm³/mol. The van der Waals surface area contributed by atoms with Gasteiger partial charge in [-0.3, -0.25) is 4.70 Å². The van der Waals surface area contributed by atoms with E-state index in [0.717, 1.165) is 0 Å². The average molecular weight is 185 g/mol. The Bertz CT molecular complexity index is 97.2. The van der Waals surface area contributed by atoms with Crippen LogP contribution in [-0.4, -0.2) is 0 Å². The van der Waals surface area contributed by atoms with Crippen LogP contribution < -0.4 is 67.5 Å². The van der Waals surface area contributed by atoms with Crippen LogP contribution in [0.3, 0.4) is 0 Å². The van der Waals surface area contributed by atoms with E-state index in [1.54, 1.807) is 0 Å². The molecule has 8 heavy (non-hydrogen) atoms. The molecule has 0 aliphatic carbocycles. The van der Waals surface area contributed by atoms with Gasteiger partial charge in [0.2, 0.25) is 0 Å².